The van der Waals surface area contributed by atoms with Crippen LogP contribution in [-0.2, 0) is 30.6 Å². The van der Waals surface area contributed by atoms with Gasteiger partial charge in [0, 0.05) is 25.2 Å². The molecule has 0 aliphatic carbocycles. The maximum Gasteiger partial charge on any atom is 0.237 e. The van der Waals surface area contributed by atoms with Gasteiger partial charge in [-0.3, -0.25) is 4.79 Å². The van der Waals surface area contributed by atoms with Crippen molar-refractivity contribution in [3.8, 4) is 0 Å². The monoisotopic (exact) mass is 454 g/mol. The molecule has 2 aromatic carbocycles. The van der Waals surface area contributed by atoms with Crippen molar-refractivity contribution >= 4 is 23.4 Å². The number of hydrogen-bond donors (Lipinski definition) is 0. The highest BCUT2D eigenvalue weighted by Crippen LogP contribution is 2.28. The number of carbonyl (C=O) groups excluding carboxylic acids is 1. The quantitative estimate of drug-likeness (QED) is 0.454. The van der Waals surface area contributed by atoms with Gasteiger partial charge in [-0.25, -0.2) is 4.39 Å². The third kappa shape index (κ3) is 5.76. The van der Waals surface area contributed by atoms with Crippen molar-refractivity contribution in [1.82, 2.24) is 14.8 Å². The number of nitrogens with zero attached hydrogens (tertiary/aromatic N) is 4. The number of anilines is 1. The molecule has 1 aliphatic heterocycles. The third-order valence-electron chi connectivity index (χ3n) is 5.40. The number of aromatic nitrogens is 3. The summed E-state index contributed by atoms with van der Waals surface area (Å²) in [7, 11) is 0. The molecule has 32 heavy (non-hydrogen) atoms. The number of amides is 1. The molecule has 3 aromatic rings. The van der Waals surface area contributed by atoms with E-state index in [1.54, 1.807) is 12.1 Å². The Morgan fingerprint density at radius 3 is 2.56 bits per heavy atom. The molecule has 0 radical (unpaired) electrons. The first-order chi connectivity index (χ1) is 15.7. The maximum absolute atomic E-state index is 13.1. The van der Waals surface area contributed by atoms with Gasteiger partial charge in [0.15, 0.2) is 5.16 Å². The summed E-state index contributed by atoms with van der Waals surface area (Å²) in [5.41, 5.74) is 3.34. The third-order valence-corrected chi connectivity index (χ3v) is 6.35. The van der Waals surface area contributed by atoms with Crippen LogP contribution >= 0.6 is 11.8 Å². The zero-order valence-corrected chi connectivity index (χ0v) is 19.9. The van der Waals surface area contributed by atoms with Crippen LogP contribution in [0.15, 0.2) is 53.7 Å². The number of thioether (sulfide) groups is 1. The number of benzene rings is 2. The SMILES string of the molecule is CC.CCn1c(CCc2ccc(F)cc2)nnc1SCC(=O)N1CCCc2ccccc21. The van der Waals surface area contributed by atoms with Crippen LogP contribution in [0.2, 0.25) is 0 Å². The van der Waals surface area contributed by atoms with Gasteiger partial charge in [0.1, 0.15) is 11.6 Å². The number of rotatable bonds is 7. The van der Waals surface area contributed by atoms with Crippen LogP contribution in [0.5, 0.6) is 0 Å². The summed E-state index contributed by atoms with van der Waals surface area (Å²) in [5.74, 6) is 1.10. The molecule has 1 amide bonds. The summed E-state index contributed by atoms with van der Waals surface area (Å²) in [6.45, 7) is 7.56. The molecule has 0 bridgehead atoms. The van der Waals surface area contributed by atoms with Crippen molar-refractivity contribution in [3.05, 3.63) is 71.3 Å². The second-order valence-electron chi connectivity index (χ2n) is 7.34. The van der Waals surface area contributed by atoms with Gasteiger partial charge >= 0.3 is 0 Å². The van der Waals surface area contributed by atoms with Crippen molar-refractivity contribution in [2.24, 2.45) is 0 Å². The smallest absolute Gasteiger partial charge is 0.237 e. The Bertz CT molecular complexity index is 1020. The van der Waals surface area contributed by atoms with Crippen molar-refractivity contribution in [1.29, 1.82) is 0 Å². The van der Waals surface area contributed by atoms with Crippen LogP contribution in [0.3, 0.4) is 0 Å². The van der Waals surface area contributed by atoms with E-state index >= 15 is 0 Å². The van der Waals surface area contributed by atoms with Crippen LogP contribution in [0.1, 0.15) is 44.1 Å². The Labute approximate surface area is 194 Å². The van der Waals surface area contributed by atoms with Gasteiger partial charge in [-0.15, -0.1) is 10.2 Å². The highest BCUT2D eigenvalue weighted by atomic mass is 32.2. The molecule has 0 saturated carbocycles. The molecular formula is C25H31FN4OS. The summed E-state index contributed by atoms with van der Waals surface area (Å²) >= 11 is 1.44. The highest BCUT2D eigenvalue weighted by Gasteiger charge is 2.23. The fourth-order valence-electron chi connectivity index (χ4n) is 3.83. The van der Waals surface area contributed by atoms with Crippen LogP contribution in [0.25, 0.3) is 0 Å². The number of hydrogen-bond acceptors (Lipinski definition) is 4. The van der Waals surface area contributed by atoms with Gasteiger partial charge in [0.05, 0.1) is 5.75 Å². The molecule has 0 atom stereocenters. The van der Waals surface area contributed by atoms with Crippen molar-refractivity contribution < 1.29 is 9.18 Å². The van der Waals surface area contributed by atoms with Crippen LogP contribution < -0.4 is 4.90 Å². The van der Waals surface area contributed by atoms with E-state index in [1.165, 1.54) is 29.5 Å². The van der Waals surface area contributed by atoms with Gasteiger partial charge in [-0.1, -0.05) is 55.9 Å². The first-order valence-corrected chi connectivity index (χ1v) is 12.3. The van der Waals surface area contributed by atoms with Crippen LogP contribution in [0, 0.1) is 5.82 Å². The Balaban J connectivity index is 0.00000141. The second kappa shape index (κ2) is 11.8. The molecule has 0 spiro atoms. The normalized spacial score (nSPS) is 12.7. The summed E-state index contributed by atoms with van der Waals surface area (Å²) < 4.78 is 15.1. The van der Waals surface area contributed by atoms with Gasteiger partial charge in [0.2, 0.25) is 5.91 Å². The van der Waals surface area contributed by atoms with E-state index in [2.05, 4.69) is 27.8 Å². The average molecular weight is 455 g/mol. The van der Waals surface area contributed by atoms with E-state index in [0.29, 0.717) is 5.75 Å². The average Bonchev–Trinajstić information content (AvgIpc) is 3.24. The number of para-hydroxylation sites is 1. The standard InChI is InChI=1S/C23H25FN4OS.C2H6/c1-2-27-21(14-11-17-9-12-19(24)13-10-17)25-26-23(27)30-16-22(29)28-15-5-7-18-6-3-4-8-20(18)28;1-2/h3-4,6,8-10,12-13H,2,5,7,11,14-16H2,1H3;1-2H3. The van der Waals surface area contributed by atoms with Gasteiger partial charge in [0.25, 0.3) is 0 Å². The lowest BCUT2D eigenvalue weighted by atomic mass is 10.0. The number of aryl methyl sites for hydroxylation is 3. The van der Waals surface area contributed by atoms with E-state index in [0.717, 1.165) is 61.0 Å². The zero-order chi connectivity index (χ0) is 22.9. The minimum absolute atomic E-state index is 0.102. The number of halogens is 1. The maximum atomic E-state index is 13.1. The minimum atomic E-state index is -0.227. The van der Waals surface area contributed by atoms with Gasteiger partial charge in [-0.05, 0) is 55.5 Å². The van der Waals surface area contributed by atoms with Crippen molar-refractivity contribution in [3.63, 3.8) is 0 Å². The van der Waals surface area contributed by atoms with Gasteiger partial charge < -0.3 is 9.47 Å². The number of fused-ring (bicyclic) bond motifs is 1. The summed E-state index contributed by atoms with van der Waals surface area (Å²) in [6.07, 6.45) is 3.51. The molecule has 2 heterocycles. The molecule has 4 rings (SSSR count). The predicted molar refractivity (Wildman–Crippen MR) is 129 cm³/mol. The topological polar surface area (TPSA) is 51.0 Å². The van der Waals surface area contributed by atoms with Gasteiger partial charge in [-0.2, -0.15) is 0 Å². The molecule has 5 nitrogen and oxygen atoms in total. The first-order valence-electron chi connectivity index (χ1n) is 11.3. The lowest BCUT2D eigenvalue weighted by Crippen LogP contribution is -2.36. The van der Waals surface area contributed by atoms with E-state index in [1.807, 2.05) is 36.9 Å². The molecule has 0 saturated heterocycles. The van der Waals surface area contributed by atoms with E-state index in [-0.39, 0.29) is 11.7 Å². The molecule has 0 N–H and O–H groups in total. The fourth-order valence-corrected chi connectivity index (χ4v) is 4.73. The lowest BCUT2D eigenvalue weighted by molar-refractivity contribution is -0.116. The zero-order valence-electron chi connectivity index (χ0n) is 19.1. The fraction of sp³-hybridized carbons (Fsp3) is 0.400. The molecule has 1 aromatic heterocycles. The summed E-state index contributed by atoms with van der Waals surface area (Å²) in [6, 6.07) is 14.7. The molecule has 1 aliphatic rings. The Hall–Kier alpha value is -2.67. The lowest BCUT2D eigenvalue weighted by Gasteiger charge is -2.29. The second-order valence-corrected chi connectivity index (χ2v) is 8.28. The van der Waals surface area contributed by atoms with Crippen LogP contribution in [0.4, 0.5) is 10.1 Å². The number of carbonyl (C=O) groups is 1. The molecule has 0 unspecified atom stereocenters. The first kappa shape index (κ1) is 24.0. The van der Waals surface area contributed by atoms with E-state index in [9.17, 15) is 9.18 Å². The Morgan fingerprint density at radius 1 is 1.06 bits per heavy atom. The van der Waals surface area contributed by atoms with Crippen molar-refractivity contribution in [2.45, 2.75) is 58.2 Å². The predicted octanol–water partition coefficient (Wildman–Crippen LogP) is 5.32. The summed E-state index contributed by atoms with van der Waals surface area (Å²) in [4.78, 5) is 14.8. The van der Waals surface area contributed by atoms with Crippen LogP contribution in [-0.4, -0.2) is 33.0 Å². The molecule has 0 fully saturated rings. The van der Waals surface area contributed by atoms with E-state index < -0.39 is 0 Å². The highest BCUT2D eigenvalue weighted by molar-refractivity contribution is 7.99. The largest absolute Gasteiger partial charge is 0.311 e. The Kier molecular flexibility index (Phi) is 8.85. The Morgan fingerprint density at radius 2 is 1.81 bits per heavy atom. The summed E-state index contributed by atoms with van der Waals surface area (Å²) in [5, 5.41) is 9.43. The molecule has 7 heteroatoms. The minimum Gasteiger partial charge on any atom is -0.311 e. The van der Waals surface area contributed by atoms with Crippen molar-refractivity contribution in [2.75, 3.05) is 17.2 Å². The molecule has 170 valence electrons. The molecular weight excluding hydrogens is 423 g/mol. The van der Waals surface area contributed by atoms with E-state index in [4.69, 9.17) is 0 Å².